The summed E-state index contributed by atoms with van der Waals surface area (Å²) in [5.74, 6) is 2.64. The van der Waals surface area contributed by atoms with Gasteiger partial charge >= 0.3 is 11.9 Å². The highest BCUT2D eigenvalue weighted by Crippen LogP contribution is 2.69. The molecule has 0 heterocycles. The Morgan fingerprint density at radius 3 is 1.96 bits per heavy atom. The van der Waals surface area contributed by atoms with E-state index in [1.165, 1.54) is 101 Å². The molecule has 53 heavy (non-hydrogen) atoms. The summed E-state index contributed by atoms with van der Waals surface area (Å²) in [7, 11) is 0. The first-order valence-corrected chi connectivity index (χ1v) is 21.0. The minimum Gasteiger partial charge on any atom is -0.505 e. The van der Waals surface area contributed by atoms with Crippen LogP contribution in [0.1, 0.15) is 156 Å². The molecule has 2 aromatic carbocycles. The fraction of sp³-hybridized carbons (Fsp3) is 0.644. The van der Waals surface area contributed by atoms with Crippen LogP contribution in [0.4, 0.5) is 0 Å². The summed E-state index contributed by atoms with van der Waals surface area (Å²) in [5, 5.41) is 40.0. The predicted molar refractivity (Wildman–Crippen MR) is 213 cm³/mol. The van der Waals surface area contributed by atoms with Gasteiger partial charge < -0.3 is 20.4 Å². The van der Waals surface area contributed by atoms with Gasteiger partial charge in [0.25, 0.3) is 0 Å². The molecule has 6 nitrogen and oxygen atoms in total. The van der Waals surface area contributed by atoms with Crippen LogP contribution in [-0.2, 0) is 0 Å². The minimum absolute atomic E-state index is 0.122. The lowest BCUT2D eigenvalue weighted by Gasteiger charge is -2.61. The van der Waals surface area contributed by atoms with E-state index in [1.807, 2.05) is 6.08 Å². The molecule has 0 saturated heterocycles. The molecule has 0 amide bonds. The highest BCUT2D eigenvalue weighted by molar-refractivity contribution is 6.33. The van der Waals surface area contributed by atoms with E-state index < -0.39 is 23.4 Å². The summed E-state index contributed by atoms with van der Waals surface area (Å²) in [6.07, 6.45) is 19.8. The van der Waals surface area contributed by atoms with E-state index in [2.05, 4.69) is 34.6 Å². The topological polar surface area (TPSA) is 115 Å². The first-order chi connectivity index (χ1) is 25.0. The Morgan fingerprint density at radius 2 is 1.38 bits per heavy atom. The molecule has 0 radical (unpaired) electrons. The molecule has 8 heteroatoms. The molecule has 290 valence electrons. The highest BCUT2D eigenvalue weighted by atomic mass is 35.5. The summed E-state index contributed by atoms with van der Waals surface area (Å²) >= 11 is 12.6. The van der Waals surface area contributed by atoms with Crippen LogP contribution in [-0.4, -0.2) is 32.4 Å². The Kier molecular flexibility index (Phi) is 11.9. The van der Waals surface area contributed by atoms with Gasteiger partial charge in [0, 0.05) is 0 Å². The zero-order chi connectivity index (χ0) is 38.4. The summed E-state index contributed by atoms with van der Waals surface area (Å²) in [6, 6.07) is 5.65. The van der Waals surface area contributed by atoms with Gasteiger partial charge in [0.2, 0.25) is 0 Å². The summed E-state index contributed by atoms with van der Waals surface area (Å²) < 4.78 is 0. The molecule has 4 unspecified atom stereocenters. The van der Waals surface area contributed by atoms with Gasteiger partial charge in [0.1, 0.15) is 22.6 Å². The number of hydrogen-bond acceptors (Lipinski definition) is 4. The number of fused-ring (bicyclic) bond motifs is 5. The molecule has 4 fully saturated rings. The fourth-order valence-electron chi connectivity index (χ4n) is 12.3. The fourth-order valence-corrected chi connectivity index (χ4v) is 12.8. The third-order valence-electron chi connectivity index (χ3n) is 15.1. The first-order valence-electron chi connectivity index (χ1n) is 20.3. The van der Waals surface area contributed by atoms with Crippen LogP contribution in [0.25, 0.3) is 5.57 Å². The van der Waals surface area contributed by atoms with Crippen LogP contribution in [0, 0.1) is 58.2 Å². The lowest BCUT2D eigenvalue weighted by molar-refractivity contribution is -0.121. The van der Waals surface area contributed by atoms with Gasteiger partial charge in [-0.2, -0.15) is 0 Å². The maximum Gasteiger partial charge on any atom is 0.339 e. The van der Waals surface area contributed by atoms with Gasteiger partial charge in [0.15, 0.2) is 0 Å². The van der Waals surface area contributed by atoms with E-state index in [0.717, 1.165) is 47.8 Å². The van der Waals surface area contributed by atoms with Crippen LogP contribution in [0.5, 0.6) is 11.5 Å². The van der Waals surface area contributed by atoms with Gasteiger partial charge in [-0.15, -0.1) is 0 Å². The molecule has 4 saturated carbocycles. The monoisotopic (exact) mass is 766 g/mol. The van der Waals surface area contributed by atoms with Crippen molar-refractivity contribution in [1.82, 2.24) is 0 Å². The molecule has 2 aromatic rings. The van der Waals surface area contributed by atoms with Gasteiger partial charge in [-0.3, -0.25) is 0 Å². The Morgan fingerprint density at radius 1 is 0.792 bits per heavy atom. The smallest absolute Gasteiger partial charge is 0.339 e. The second-order valence-electron chi connectivity index (χ2n) is 18.3. The molecule has 4 N–H and O–H groups in total. The lowest BCUT2D eigenvalue weighted by Crippen LogP contribution is -2.53. The number of carboxylic acid groups (broad SMARTS) is 2. The molecule has 0 spiro atoms. The van der Waals surface area contributed by atoms with E-state index in [9.17, 15) is 30.0 Å². The SMILES string of the molecule is CC(C)CCC[C@@H](C)C1CCC2[C@@H]3CCC4C[C@@H](CCC=C(c5cc(Cl)c(O)c(C(=O)O)c5)c5cc(Cl)c(O)c(C(=O)O)c5)CC[C@]4(C)C3CC[C@@]21C. The lowest BCUT2D eigenvalue weighted by atomic mass is 9.44. The van der Waals surface area contributed by atoms with Crippen molar-refractivity contribution in [2.45, 2.75) is 125 Å². The third-order valence-corrected chi connectivity index (χ3v) is 15.7. The van der Waals surface area contributed by atoms with Crippen molar-refractivity contribution >= 4 is 40.7 Å². The summed E-state index contributed by atoms with van der Waals surface area (Å²) in [6.45, 7) is 12.6. The van der Waals surface area contributed by atoms with E-state index in [0.29, 0.717) is 39.9 Å². The molecule has 9 atom stereocenters. The van der Waals surface area contributed by atoms with Gasteiger partial charge in [-0.1, -0.05) is 83.2 Å². The highest BCUT2D eigenvalue weighted by Gasteiger charge is 2.60. The van der Waals surface area contributed by atoms with Crippen molar-refractivity contribution in [3.8, 4) is 11.5 Å². The van der Waals surface area contributed by atoms with Crippen molar-refractivity contribution < 1.29 is 30.0 Å². The first kappa shape index (κ1) is 40.0. The van der Waals surface area contributed by atoms with Crippen LogP contribution in [0.2, 0.25) is 10.0 Å². The molecule has 0 aromatic heterocycles. The van der Waals surface area contributed by atoms with Crippen LogP contribution >= 0.6 is 23.2 Å². The number of allylic oxidation sites excluding steroid dienone is 1. The zero-order valence-corrected chi connectivity index (χ0v) is 33.8. The maximum atomic E-state index is 12.0. The van der Waals surface area contributed by atoms with Crippen LogP contribution < -0.4 is 0 Å². The Labute approximate surface area is 326 Å². The van der Waals surface area contributed by atoms with Crippen molar-refractivity contribution in [2.24, 2.45) is 58.2 Å². The number of benzene rings is 2. The summed E-state index contributed by atoms with van der Waals surface area (Å²) in [5.41, 5.74) is 1.58. The van der Waals surface area contributed by atoms with E-state index >= 15 is 0 Å². The number of aromatic carboxylic acids is 2. The second kappa shape index (κ2) is 15.8. The molecular formula is C45H60Cl2O6. The largest absolute Gasteiger partial charge is 0.505 e. The molecule has 0 aliphatic heterocycles. The molecule has 6 rings (SSSR count). The number of halogens is 2. The predicted octanol–water partition coefficient (Wildman–Crippen LogP) is 12.8. The Balaban J connectivity index is 1.17. The minimum atomic E-state index is -1.33. The zero-order valence-electron chi connectivity index (χ0n) is 32.3. The van der Waals surface area contributed by atoms with Gasteiger partial charge in [0.05, 0.1) is 10.0 Å². The Hall–Kier alpha value is -2.70. The van der Waals surface area contributed by atoms with Gasteiger partial charge in [-0.05, 0) is 170 Å². The quantitative estimate of drug-likeness (QED) is 0.171. The third kappa shape index (κ3) is 7.75. The van der Waals surface area contributed by atoms with E-state index in [1.54, 1.807) is 0 Å². The number of hydrogen-bond donors (Lipinski definition) is 4. The van der Waals surface area contributed by atoms with Crippen molar-refractivity contribution in [1.29, 1.82) is 0 Å². The van der Waals surface area contributed by atoms with Crippen LogP contribution in [0.3, 0.4) is 0 Å². The van der Waals surface area contributed by atoms with E-state index in [-0.39, 0.29) is 21.2 Å². The molecular weight excluding hydrogens is 707 g/mol. The molecule has 4 aliphatic carbocycles. The number of phenols is 2. The molecule has 0 bridgehead atoms. The number of carbonyl (C=O) groups is 2. The van der Waals surface area contributed by atoms with Gasteiger partial charge in [-0.25, -0.2) is 9.59 Å². The van der Waals surface area contributed by atoms with E-state index in [4.69, 9.17) is 23.2 Å². The number of carboxylic acids is 2. The maximum absolute atomic E-state index is 12.0. The molecule has 4 aliphatic rings. The standard InChI is InChI=1S/C45H60Cl2O6/c1-25(2)8-6-9-26(3)35-14-15-36-32-13-12-30-20-27(16-18-44(30,4)37(32)17-19-45(35,36)5)10-7-11-31(28-21-33(42(50)51)40(48)38(46)23-28)29-22-34(43(52)53)41(49)39(47)24-29/h11,21-27,30,32,35-37,48-49H,6-10,12-20H2,1-5H3,(H,50,51)(H,52,53)/t26-,27+,30?,32+,35?,36?,37?,44+,45-/m1/s1. The Bertz CT molecular complexity index is 1660. The second-order valence-corrected chi connectivity index (χ2v) is 19.2. The van der Waals surface area contributed by atoms with Crippen molar-refractivity contribution in [2.75, 3.05) is 0 Å². The van der Waals surface area contributed by atoms with Crippen LogP contribution in [0.15, 0.2) is 30.3 Å². The summed E-state index contributed by atoms with van der Waals surface area (Å²) in [4.78, 5) is 23.9. The number of aromatic hydroxyl groups is 2. The normalized spacial score (nSPS) is 31.3. The average Bonchev–Trinajstić information content (AvgIpc) is 3.46. The average molecular weight is 768 g/mol. The number of rotatable bonds is 12. The van der Waals surface area contributed by atoms with Crippen molar-refractivity contribution in [3.63, 3.8) is 0 Å². The van der Waals surface area contributed by atoms with Crippen molar-refractivity contribution in [3.05, 3.63) is 62.6 Å².